The van der Waals surface area contributed by atoms with Crippen molar-refractivity contribution in [1.82, 2.24) is 19.7 Å². The zero-order valence-electron chi connectivity index (χ0n) is 13.2. The number of benzene rings is 1. The van der Waals surface area contributed by atoms with Gasteiger partial charge in [-0.3, -0.25) is 4.79 Å². The summed E-state index contributed by atoms with van der Waals surface area (Å²) in [6.07, 6.45) is -3.08. The Morgan fingerprint density at radius 2 is 1.96 bits per heavy atom. The molecular formula is C15H13F3N4O4. The van der Waals surface area contributed by atoms with E-state index in [-0.39, 0.29) is 24.4 Å². The summed E-state index contributed by atoms with van der Waals surface area (Å²) in [5, 5.41) is 16.9. The minimum absolute atomic E-state index is 0.0101. The van der Waals surface area contributed by atoms with E-state index in [2.05, 4.69) is 14.9 Å². The van der Waals surface area contributed by atoms with Crippen molar-refractivity contribution < 1.29 is 32.6 Å². The topological polar surface area (TPSA) is 97.5 Å². The third kappa shape index (κ3) is 3.76. The second kappa shape index (κ2) is 6.65. The Kier molecular flexibility index (Phi) is 4.53. The number of hydrogen-bond donors (Lipinski definition) is 1. The van der Waals surface area contributed by atoms with Crippen LogP contribution in [0.1, 0.15) is 16.2 Å². The number of halogens is 3. The molecule has 26 heavy (non-hydrogen) atoms. The molecule has 1 N–H and O–H groups in total. The normalized spacial score (nSPS) is 16.9. The maximum absolute atomic E-state index is 12.7. The summed E-state index contributed by atoms with van der Waals surface area (Å²) in [5.41, 5.74) is 0.128. The second-order valence-electron chi connectivity index (χ2n) is 5.61. The van der Waals surface area contributed by atoms with Gasteiger partial charge in [-0.2, -0.15) is 13.2 Å². The number of amides is 1. The van der Waals surface area contributed by atoms with E-state index in [1.165, 1.54) is 30.6 Å². The molecule has 0 radical (unpaired) electrons. The number of carbonyl (C=O) groups is 2. The Labute approximate surface area is 144 Å². The van der Waals surface area contributed by atoms with Crippen LogP contribution in [0, 0.1) is 0 Å². The Morgan fingerprint density at radius 1 is 1.27 bits per heavy atom. The average Bonchev–Trinajstić information content (AvgIpc) is 3.05. The van der Waals surface area contributed by atoms with Crippen LogP contribution in [0.2, 0.25) is 0 Å². The van der Waals surface area contributed by atoms with Gasteiger partial charge in [-0.15, -0.1) is 10.2 Å². The van der Waals surface area contributed by atoms with E-state index in [4.69, 9.17) is 0 Å². The molecule has 1 unspecified atom stereocenters. The van der Waals surface area contributed by atoms with Crippen LogP contribution in [0.3, 0.4) is 0 Å². The molecule has 1 amide bonds. The van der Waals surface area contributed by atoms with E-state index in [9.17, 15) is 27.9 Å². The lowest BCUT2D eigenvalue weighted by Gasteiger charge is -2.33. The number of aliphatic carboxylic acids is 1. The molecular weight excluding hydrogens is 357 g/mol. The highest BCUT2D eigenvalue weighted by atomic mass is 19.4. The Morgan fingerprint density at radius 3 is 2.58 bits per heavy atom. The molecule has 11 heteroatoms. The van der Waals surface area contributed by atoms with Crippen molar-refractivity contribution >= 4 is 11.9 Å². The minimum Gasteiger partial charge on any atom is -0.484 e. The number of fused-ring (bicyclic) bond motifs is 1. The van der Waals surface area contributed by atoms with Gasteiger partial charge in [0.15, 0.2) is 12.4 Å². The maximum Gasteiger partial charge on any atom is 0.422 e. The van der Waals surface area contributed by atoms with Crippen molar-refractivity contribution in [2.45, 2.75) is 25.3 Å². The fraction of sp³-hybridized carbons (Fsp3) is 0.333. The van der Waals surface area contributed by atoms with E-state index in [1.54, 1.807) is 4.57 Å². The van der Waals surface area contributed by atoms with Crippen LogP contribution in [0.15, 0.2) is 30.6 Å². The summed E-state index contributed by atoms with van der Waals surface area (Å²) in [6, 6.07) is 3.91. The summed E-state index contributed by atoms with van der Waals surface area (Å²) in [7, 11) is 0. The van der Waals surface area contributed by atoms with Gasteiger partial charge in [0.1, 0.15) is 18.1 Å². The number of hydrogen-bond acceptors (Lipinski definition) is 5. The van der Waals surface area contributed by atoms with Crippen molar-refractivity contribution in [2.24, 2.45) is 0 Å². The summed E-state index contributed by atoms with van der Waals surface area (Å²) < 4.78 is 42.6. The lowest BCUT2D eigenvalue weighted by Crippen LogP contribution is -2.50. The Hall–Kier alpha value is -3.11. The van der Waals surface area contributed by atoms with Crippen LogP contribution in [0.5, 0.6) is 5.75 Å². The quantitative estimate of drug-likeness (QED) is 0.872. The number of rotatable bonds is 4. The molecule has 2 aromatic rings. The number of ether oxygens (including phenoxy) is 1. The van der Waals surface area contributed by atoms with Crippen LogP contribution in [0.4, 0.5) is 13.2 Å². The van der Waals surface area contributed by atoms with Gasteiger partial charge in [-0.25, -0.2) is 4.79 Å². The average molecular weight is 370 g/mol. The van der Waals surface area contributed by atoms with Gasteiger partial charge in [-0.1, -0.05) is 0 Å². The van der Waals surface area contributed by atoms with Crippen molar-refractivity contribution in [3.63, 3.8) is 0 Å². The summed E-state index contributed by atoms with van der Waals surface area (Å²) >= 11 is 0. The fourth-order valence-electron chi connectivity index (χ4n) is 2.55. The van der Waals surface area contributed by atoms with Crippen molar-refractivity contribution in [3.05, 3.63) is 42.0 Å². The number of alkyl halides is 3. The van der Waals surface area contributed by atoms with E-state index in [1.807, 2.05) is 0 Å². The van der Waals surface area contributed by atoms with E-state index >= 15 is 0 Å². The highest BCUT2D eigenvalue weighted by molar-refractivity contribution is 5.96. The molecule has 8 nitrogen and oxygen atoms in total. The van der Waals surface area contributed by atoms with Crippen molar-refractivity contribution in [1.29, 1.82) is 0 Å². The van der Waals surface area contributed by atoms with E-state index in [0.29, 0.717) is 5.82 Å². The van der Waals surface area contributed by atoms with Gasteiger partial charge in [-0.05, 0) is 24.3 Å². The molecule has 1 aromatic heterocycles. The molecule has 0 fully saturated rings. The molecule has 138 valence electrons. The minimum atomic E-state index is -4.47. The molecule has 1 aliphatic heterocycles. The second-order valence-corrected chi connectivity index (χ2v) is 5.61. The monoisotopic (exact) mass is 370 g/mol. The Bertz CT molecular complexity index is 819. The third-order valence-corrected chi connectivity index (χ3v) is 3.80. The third-order valence-electron chi connectivity index (χ3n) is 3.80. The first-order valence-electron chi connectivity index (χ1n) is 7.44. The first kappa shape index (κ1) is 17.7. The lowest BCUT2D eigenvalue weighted by molar-refractivity contribution is -0.153. The first-order chi connectivity index (χ1) is 12.2. The molecule has 0 bridgehead atoms. The van der Waals surface area contributed by atoms with Crippen LogP contribution in [0.25, 0.3) is 0 Å². The number of carboxylic acids is 1. The number of aromatic nitrogens is 3. The molecule has 0 aliphatic carbocycles. The van der Waals surface area contributed by atoms with Crippen LogP contribution >= 0.6 is 0 Å². The van der Waals surface area contributed by atoms with Gasteiger partial charge in [0.2, 0.25) is 0 Å². The maximum atomic E-state index is 12.7. The smallest absolute Gasteiger partial charge is 0.422 e. The molecule has 1 aliphatic rings. The van der Waals surface area contributed by atoms with Crippen molar-refractivity contribution in [3.8, 4) is 5.75 Å². The fourth-order valence-corrected chi connectivity index (χ4v) is 2.55. The number of nitrogens with zero attached hydrogens (tertiary/aromatic N) is 4. The molecule has 1 atom stereocenters. The largest absolute Gasteiger partial charge is 0.484 e. The molecule has 3 rings (SSSR count). The lowest BCUT2D eigenvalue weighted by atomic mass is 10.1. The van der Waals surface area contributed by atoms with Crippen LogP contribution < -0.4 is 4.74 Å². The highest BCUT2D eigenvalue weighted by Gasteiger charge is 2.36. The zero-order valence-corrected chi connectivity index (χ0v) is 13.2. The highest BCUT2D eigenvalue weighted by Crippen LogP contribution is 2.22. The zero-order chi connectivity index (χ0) is 18.9. The molecule has 0 spiro atoms. The van der Waals surface area contributed by atoms with Gasteiger partial charge in [0.05, 0.1) is 13.1 Å². The van der Waals surface area contributed by atoms with E-state index < -0.39 is 30.7 Å². The standard InChI is InChI=1S/C15H13F3N4O4/c16-15(17,18)7-26-10-3-1-9(2-4-10)13(23)22-6-12-20-19-8-21(12)5-11(22)14(24)25/h1-4,8,11H,5-7H2,(H,24,25). The van der Waals surface area contributed by atoms with Gasteiger partial charge < -0.3 is 19.3 Å². The molecule has 2 heterocycles. The predicted molar refractivity (Wildman–Crippen MR) is 79.3 cm³/mol. The number of carboxylic acid groups (broad SMARTS) is 1. The van der Waals surface area contributed by atoms with Gasteiger partial charge >= 0.3 is 12.1 Å². The van der Waals surface area contributed by atoms with E-state index in [0.717, 1.165) is 4.90 Å². The van der Waals surface area contributed by atoms with Gasteiger partial charge in [0.25, 0.3) is 5.91 Å². The molecule has 0 saturated carbocycles. The van der Waals surface area contributed by atoms with Crippen LogP contribution in [-0.4, -0.2) is 55.5 Å². The number of carbonyl (C=O) groups excluding carboxylic acids is 1. The van der Waals surface area contributed by atoms with Crippen LogP contribution in [-0.2, 0) is 17.9 Å². The van der Waals surface area contributed by atoms with Gasteiger partial charge in [0, 0.05) is 5.56 Å². The first-order valence-corrected chi connectivity index (χ1v) is 7.44. The summed E-state index contributed by atoms with van der Waals surface area (Å²) in [4.78, 5) is 25.3. The molecule has 0 saturated heterocycles. The predicted octanol–water partition coefficient (Wildman–Crippen LogP) is 1.33. The molecule has 1 aromatic carbocycles. The Balaban J connectivity index is 1.76. The summed E-state index contributed by atoms with van der Waals surface area (Å²) in [6.45, 7) is -1.47. The SMILES string of the molecule is O=C(O)C1Cn2cnnc2CN1C(=O)c1ccc(OCC(F)(F)F)cc1. The summed E-state index contributed by atoms with van der Waals surface area (Å²) in [5.74, 6) is -1.36. The van der Waals surface area contributed by atoms with Crippen molar-refractivity contribution in [2.75, 3.05) is 6.61 Å².